The number of hydrogen-bond acceptors (Lipinski definition) is 2. The van der Waals surface area contributed by atoms with Crippen LogP contribution in [0.15, 0.2) is 24.3 Å². The van der Waals surface area contributed by atoms with Crippen molar-refractivity contribution in [1.82, 2.24) is 4.90 Å². The van der Waals surface area contributed by atoms with E-state index in [-0.39, 0.29) is 24.2 Å². The van der Waals surface area contributed by atoms with E-state index in [0.29, 0.717) is 13.0 Å². The van der Waals surface area contributed by atoms with Crippen LogP contribution in [0.25, 0.3) is 0 Å². The molecule has 114 valence electrons. The van der Waals surface area contributed by atoms with Crippen LogP contribution in [0.2, 0.25) is 0 Å². The number of likely N-dealkylation sites (tertiary alicyclic amines) is 1. The van der Waals surface area contributed by atoms with Gasteiger partial charge >= 0.3 is 12.0 Å². The van der Waals surface area contributed by atoms with Crippen molar-refractivity contribution in [3.8, 4) is 0 Å². The first-order valence-corrected chi connectivity index (χ1v) is 7.01. The summed E-state index contributed by atoms with van der Waals surface area (Å²) in [6.07, 6.45) is 2.35. The van der Waals surface area contributed by atoms with Crippen molar-refractivity contribution < 1.29 is 19.1 Å². The standard InChI is InChI=1S/C15H19FN2O3/c1-17(13-8-3-2-7-12(13)16)15(21)18-9-5-4-6-11(18)10-14(19)20/h2-3,7-8,11H,4-6,9-10H2,1H3,(H,19,20). The van der Waals surface area contributed by atoms with Crippen molar-refractivity contribution in [3.63, 3.8) is 0 Å². The summed E-state index contributed by atoms with van der Waals surface area (Å²) in [5.74, 6) is -1.40. The smallest absolute Gasteiger partial charge is 0.324 e. The highest BCUT2D eigenvalue weighted by molar-refractivity contribution is 5.92. The lowest BCUT2D eigenvalue weighted by molar-refractivity contribution is -0.138. The number of piperidine rings is 1. The van der Waals surface area contributed by atoms with Gasteiger partial charge in [0.15, 0.2) is 0 Å². The molecule has 1 atom stereocenters. The molecule has 1 aliphatic heterocycles. The lowest BCUT2D eigenvalue weighted by atomic mass is 10.00. The van der Waals surface area contributed by atoms with Gasteiger partial charge < -0.3 is 10.0 Å². The first kappa shape index (κ1) is 15.3. The Bertz CT molecular complexity index is 535. The number of nitrogens with zero attached hydrogens (tertiary/aromatic N) is 2. The summed E-state index contributed by atoms with van der Waals surface area (Å²) >= 11 is 0. The van der Waals surface area contributed by atoms with E-state index in [1.165, 1.54) is 24.1 Å². The fraction of sp³-hybridized carbons (Fsp3) is 0.467. The zero-order valence-electron chi connectivity index (χ0n) is 12.0. The summed E-state index contributed by atoms with van der Waals surface area (Å²) in [6, 6.07) is 5.37. The topological polar surface area (TPSA) is 60.9 Å². The van der Waals surface area contributed by atoms with Gasteiger partial charge in [0, 0.05) is 19.6 Å². The van der Waals surface area contributed by atoms with E-state index in [9.17, 15) is 14.0 Å². The molecule has 1 aromatic rings. The summed E-state index contributed by atoms with van der Waals surface area (Å²) in [6.45, 7) is 0.509. The lowest BCUT2D eigenvalue weighted by Crippen LogP contribution is -2.50. The largest absolute Gasteiger partial charge is 0.481 e. The molecule has 1 aromatic carbocycles. The van der Waals surface area contributed by atoms with Crippen molar-refractivity contribution in [1.29, 1.82) is 0 Å². The quantitative estimate of drug-likeness (QED) is 0.932. The average molecular weight is 294 g/mol. The van der Waals surface area contributed by atoms with E-state index in [2.05, 4.69) is 0 Å². The Labute approximate surface area is 123 Å². The maximum Gasteiger partial charge on any atom is 0.324 e. The normalized spacial score (nSPS) is 18.4. The second kappa shape index (κ2) is 6.56. The minimum absolute atomic E-state index is 0.0726. The molecule has 0 saturated carbocycles. The van der Waals surface area contributed by atoms with Crippen molar-refractivity contribution in [3.05, 3.63) is 30.1 Å². The molecule has 0 aromatic heterocycles. The maximum atomic E-state index is 13.8. The van der Waals surface area contributed by atoms with E-state index < -0.39 is 11.8 Å². The number of halogens is 1. The van der Waals surface area contributed by atoms with Gasteiger partial charge in [-0.05, 0) is 31.4 Å². The molecule has 6 heteroatoms. The number of amides is 2. The minimum atomic E-state index is -0.923. The molecule has 5 nitrogen and oxygen atoms in total. The molecule has 0 aliphatic carbocycles. The third kappa shape index (κ3) is 3.51. The van der Waals surface area contributed by atoms with Crippen LogP contribution < -0.4 is 4.90 Å². The van der Waals surface area contributed by atoms with E-state index in [0.717, 1.165) is 12.8 Å². The molecule has 1 saturated heterocycles. The Hall–Kier alpha value is -2.11. The third-order valence-electron chi connectivity index (χ3n) is 3.78. The van der Waals surface area contributed by atoms with Gasteiger partial charge in [0.1, 0.15) is 5.82 Å². The third-order valence-corrected chi connectivity index (χ3v) is 3.78. The predicted octanol–water partition coefficient (Wildman–Crippen LogP) is 2.71. The molecular weight excluding hydrogens is 275 g/mol. The summed E-state index contributed by atoms with van der Waals surface area (Å²) in [5.41, 5.74) is 0.196. The van der Waals surface area contributed by atoms with Crippen LogP contribution in [-0.2, 0) is 4.79 Å². The van der Waals surface area contributed by atoms with Gasteiger partial charge in [-0.25, -0.2) is 9.18 Å². The second-order valence-corrected chi connectivity index (χ2v) is 5.23. The van der Waals surface area contributed by atoms with Crippen molar-refractivity contribution in [2.24, 2.45) is 0 Å². The van der Waals surface area contributed by atoms with Crippen LogP contribution in [-0.4, -0.2) is 41.6 Å². The first-order chi connectivity index (χ1) is 10.0. The second-order valence-electron chi connectivity index (χ2n) is 5.23. The number of anilines is 1. The van der Waals surface area contributed by atoms with E-state index >= 15 is 0 Å². The van der Waals surface area contributed by atoms with Gasteiger partial charge in [-0.15, -0.1) is 0 Å². The molecule has 1 heterocycles. The summed E-state index contributed by atoms with van der Waals surface area (Å²) in [4.78, 5) is 26.2. The zero-order valence-corrected chi connectivity index (χ0v) is 12.0. The highest BCUT2D eigenvalue weighted by Gasteiger charge is 2.31. The molecule has 0 spiro atoms. The van der Waals surface area contributed by atoms with E-state index in [4.69, 9.17) is 5.11 Å². The Morgan fingerprint density at radius 2 is 2.10 bits per heavy atom. The fourth-order valence-corrected chi connectivity index (χ4v) is 2.69. The molecule has 1 N–H and O–H groups in total. The molecular formula is C15H19FN2O3. The maximum absolute atomic E-state index is 13.8. The Morgan fingerprint density at radius 1 is 1.38 bits per heavy atom. The number of aliphatic carboxylic acids is 1. The number of carbonyl (C=O) groups excluding carboxylic acids is 1. The van der Waals surface area contributed by atoms with Crippen LogP contribution in [0.1, 0.15) is 25.7 Å². The minimum Gasteiger partial charge on any atom is -0.481 e. The SMILES string of the molecule is CN(C(=O)N1CCCCC1CC(=O)O)c1ccccc1F. The van der Waals surface area contributed by atoms with Crippen LogP contribution in [0.3, 0.4) is 0 Å². The van der Waals surface area contributed by atoms with Crippen LogP contribution in [0.4, 0.5) is 14.9 Å². The number of para-hydroxylation sites is 1. The first-order valence-electron chi connectivity index (χ1n) is 7.01. The summed E-state index contributed by atoms with van der Waals surface area (Å²) in [7, 11) is 1.51. The Kier molecular flexibility index (Phi) is 4.77. The van der Waals surface area contributed by atoms with Crippen molar-refractivity contribution >= 4 is 17.7 Å². The van der Waals surface area contributed by atoms with Crippen molar-refractivity contribution in [2.75, 3.05) is 18.5 Å². The summed E-state index contributed by atoms with van der Waals surface area (Å²) < 4.78 is 13.8. The van der Waals surface area contributed by atoms with Gasteiger partial charge in [0.25, 0.3) is 0 Å². The lowest BCUT2D eigenvalue weighted by Gasteiger charge is -2.37. The Balaban J connectivity index is 2.16. The van der Waals surface area contributed by atoms with Gasteiger partial charge in [-0.1, -0.05) is 12.1 Å². The van der Waals surface area contributed by atoms with Crippen molar-refractivity contribution in [2.45, 2.75) is 31.7 Å². The number of rotatable bonds is 3. The highest BCUT2D eigenvalue weighted by Crippen LogP contribution is 2.24. The Morgan fingerprint density at radius 3 is 2.76 bits per heavy atom. The van der Waals surface area contributed by atoms with E-state index in [1.807, 2.05) is 0 Å². The van der Waals surface area contributed by atoms with Crippen LogP contribution in [0.5, 0.6) is 0 Å². The number of benzene rings is 1. The van der Waals surface area contributed by atoms with Crippen LogP contribution >= 0.6 is 0 Å². The van der Waals surface area contributed by atoms with Crippen LogP contribution in [0, 0.1) is 5.82 Å². The van der Waals surface area contributed by atoms with Gasteiger partial charge in [-0.3, -0.25) is 9.69 Å². The average Bonchev–Trinajstić information content (AvgIpc) is 2.46. The molecule has 0 radical (unpaired) electrons. The number of hydrogen-bond donors (Lipinski definition) is 1. The monoisotopic (exact) mass is 294 g/mol. The molecule has 0 bridgehead atoms. The number of urea groups is 1. The number of carboxylic acids is 1. The molecule has 21 heavy (non-hydrogen) atoms. The van der Waals surface area contributed by atoms with Gasteiger partial charge in [0.2, 0.25) is 0 Å². The highest BCUT2D eigenvalue weighted by atomic mass is 19.1. The molecule has 2 amide bonds. The molecule has 1 unspecified atom stereocenters. The molecule has 2 rings (SSSR count). The van der Waals surface area contributed by atoms with Gasteiger partial charge in [-0.2, -0.15) is 0 Å². The number of carbonyl (C=O) groups is 2. The number of carboxylic acid groups (broad SMARTS) is 1. The van der Waals surface area contributed by atoms with E-state index in [1.54, 1.807) is 17.0 Å². The predicted molar refractivity (Wildman–Crippen MR) is 76.8 cm³/mol. The molecule has 1 fully saturated rings. The zero-order chi connectivity index (χ0) is 15.4. The summed E-state index contributed by atoms with van der Waals surface area (Å²) in [5, 5.41) is 8.95. The fourth-order valence-electron chi connectivity index (χ4n) is 2.69. The van der Waals surface area contributed by atoms with Gasteiger partial charge in [0.05, 0.1) is 12.1 Å². The molecule has 1 aliphatic rings.